The average Bonchev–Trinajstić information content (AvgIpc) is 2.64. The Balaban J connectivity index is 2.74. The Morgan fingerprint density at radius 2 is 2.31 bits per heavy atom. The molecule has 2 N–H and O–H groups in total. The van der Waals surface area contributed by atoms with E-state index in [1.54, 1.807) is 7.11 Å². The van der Waals surface area contributed by atoms with Crippen molar-refractivity contribution in [1.82, 2.24) is 10.1 Å². The van der Waals surface area contributed by atoms with E-state index < -0.39 is 0 Å². The van der Waals surface area contributed by atoms with Crippen molar-refractivity contribution >= 4 is 0 Å². The molecule has 1 aromatic heterocycles. The number of aromatic nitrogens is 2. The Bertz CT molecular complexity index is 237. The molecule has 5 heteroatoms. The van der Waals surface area contributed by atoms with Gasteiger partial charge >= 0.3 is 0 Å². The van der Waals surface area contributed by atoms with Gasteiger partial charge in [0.2, 0.25) is 5.89 Å². The molecule has 2 unspecified atom stereocenters. The number of nitrogens with zero attached hydrogens (tertiary/aromatic N) is 2. The van der Waals surface area contributed by atoms with Crippen molar-refractivity contribution in [2.75, 3.05) is 7.11 Å². The highest BCUT2D eigenvalue weighted by Gasteiger charge is 2.16. The predicted molar refractivity (Wildman–Crippen MR) is 46.9 cm³/mol. The molecule has 0 aliphatic rings. The van der Waals surface area contributed by atoms with Crippen LogP contribution in [0.2, 0.25) is 0 Å². The first kappa shape index (κ1) is 10.1. The molecule has 0 aliphatic carbocycles. The van der Waals surface area contributed by atoms with Gasteiger partial charge in [-0.2, -0.15) is 4.98 Å². The van der Waals surface area contributed by atoms with Gasteiger partial charge in [0.05, 0.1) is 6.04 Å². The molecule has 13 heavy (non-hydrogen) atoms. The van der Waals surface area contributed by atoms with Gasteiger partial charge in [0, 0.05) is 7.11 Å². The zero-order valence-electron chi connectivity index (χ0n) is 8.15. The number of hydrogen-bond acceptors (Lipinski definition) is 5. The van der Waals surface area contributed by atoms with Gasteiger partial charge in [-0.15, -0.1) is 0 Å². The van der Waals surface area contributed by atoms with E-state index in [2.05, 4.69) is 10.1 Å². The lowest BCUT2D eigenvalue weighted by molar-refractivity contribution is 0.109. The second kappa shape index (κ2) is 4.34. The molecule has 1 heterocycles. The lowest BCUT2D eigenvalue weighted by atomic mass is 10.2. The molecule has 2 atom stereocenters. The summed E-state index contributed by atoms with van der Waals surface area (Å²) in [5, 5.41) is 3.76. The second-order valence-corrected chi connectivity index (χ2v) is 2.88. The lowest BCUT2D eigenvalue weighted by Crippen LogP contribution is -2.09. The Morgan fingerprint density at radius 3 is 2.85 bits per heavy atom. The minimum Gasteiger partial charge on any atom is -0.374 e. The van der Waals surface area contributed by atoms with Crippen molar-refractivity contribution in [3.63, 3.8) is 0 Å². The molecule has 0 aliphatic heterocycles. The second-order valence-electron chi connectivity index (χ2n) is 2.88. The van der Waals surface area contributed by atoms with E-state index in [9.17, 15) is 0 Å². The smallest absolute Gasteiger partial charge is 0.243 e. The van der Waals surface area contributed by atoms with Crippen molar-refractivity contribution < 1.29 is 9.26 Å². The first-order valence-corrected chi connectivity index (χ1v) is 4.30. The molecule has 5 nitrogen and oxygen atoms in total. The number of hydrogen-bond donors (Lipinski definition) is 1. The maximum Gasteiger partial charge on any atom is 0.243 e. The summed E-state index contributed by atoms with van der Waals surface area (Å²) in [5.74, 6) is 1.02. The molecule has 0 saturated carbocycles. The molecule has 0 fully saturated rings. The summed E-state index contributed by atoms with van der Waals surface area (Å²) >= 11 is 0. The van der Waals surface area contributed by atoms with E-state index in [1.807, 2.05) is 13.8 Å². The lowest BCUT2D eigenvalue weighted by Gasteiger charge is -2.02. The van der Waals surface area contributed by atoms with Gasteiger partial charge < -0.3 is 15.0 Å². The van der Waals surface area contributed by atoms with Gasteiger partial charge in [-0.25, -0.2) is 0 Å². The molecular weight excluding hydrogens is 170 g/mol. The third kappa shape index (κ3) is 2.26. The van der Waals surface area contributed by atoms with Crippen LogP contribution in [0.15, 0.2) is 4.52 Å². The van der Waals surface area contributed by atoms with Crippen LogP contribution in [0.5, 0.6) is 0 Å². The van der Waals surface area contributed by atoms with Crippen LogP contribution < -0.4 is 5.73 Å². The maximum atomic E-state index is 5.71. The largest absolute Gasteiger partial charge is 0.374 e. The molecule has 0 aromatic carbocycles. The Labute approximate surface area is 77.3 Å². The van der Waals surface area contributed by atoms with Gasteiger partial charge in [-0.1, -0.05) is 12.1 Å². The van der Waals surface area contributed by atoms with Crippen molar-refractivity contribution in [3.8, 4) is 0 Å². The SMILES string of the molecule is CCC(N)c1nc(C(C)OC)no1. The first-order chi connectivity index (χ1) is 6.19. The quantitative estimate of drug-likeness (QED) is 0.762. The number of ether oxygens (including phenoxy) is 1. The monoisotopic (exact) mass is 185 g/mol. The molecular formula is C8H15N3O2. The van der Waals surface area contributed by atoms with Crippen LogP contribution in [0.3, 0.4) is 0 Å². The summed E-state index contributed by atoms with van der Waals surface area (Å²) in [7, 11) is 1.60. The molecule has 1 aromatic rings. The average molecular weight is 185 g/mol. The molecule has 74 valence electrons. The van der Waals surface area contributed by atoms with Crippen molar-refractivity contribution in [2.45, 2.75) is 32.4 Å². The van der Waals surface area contributed by atoms with Gasteiger partial charge in [-0.05, 0) is 13.3 Å². The fourth-order valence-electron chi connectivity index (χ4n) is 0.843. The molecule has 1 rings (SSSR count). The van der Waals surface area contributed by atoms with Crippen LogP contribution >= 0.6 is 0 Å². The van der Waals surface area contributed by atoms with Gasteiger partial charge in [-0.3, -0.25) is 0 Å². The molecule has 0 radical (unpaired) electrons. The number of nitrogens with two attached hydrogens (primary N) is 1. The van der Waals surface area contributed by atoms with Crippen LogP contribution in [0.1, 0.15) is 44.1 Å². The number of methoxy groups -OCH3 is 1. The summed E-state index contributed by atoms with van der Waals surface area (Å²) in [6.45, 7) is 3.82. The highest BCUT2D eigenvalue weighted by Crippen LogP contribution is 2.15. The molecule has 0 spiro atoms. The van der Waals surface area contributed by atoms with E-state index in [0.29, 0.717) is 11.7 Å². The Hall–Kier alpha value is -0.940. The molecule has 0 saturated heterocycles. The predicted octanol–water partition coefficient (Wildman–Crippen LogP) is 1.19. The topological polar surface area (TPSA) is 74.2 Å². The Morgan fingerprint density at radius 1 is 1.62 bits per heavy atom. The van der Waals surface area contributed by atoms with E-state index in [4.69, 9.17) is 15.0 Å². The van der Waals surface area contributed by atoms with Crippen molar-refractivity contribution in [2.24, 2.45) is 5.73 Å². The fourth-order valence-corrected chi connectivity index (χ4v) is 0.843. The first-order valence-electron chi connectivity index (χ1n) is 4.30. The van der Waals surface area contributed by atoms with E-state index in [0.717, 1.165) is 6.42 Å². The third-order valence-electron chi connectivity index (χ3n) is 1.93. The van der Waals surface area contributed by atoms with E-state index >= 15 is 0 Å². The minimum atomic E-state index is -0.176. The molecule has 0 bridgehead atoms. The van der Waals surface area contributed by atoms with Gasteiger partial charge in [0.1, 0.15) is 6.10 Å². The fraction of sp³-hybridized carbons (Fsp3) is 0.750. The minimum absolute atomic E-state index is 0.151. The summed E-state index contributed by atoms with van der Waals surface area (Å²) in [4.78, 5) is 4.12. The third-order valence-corrected chi connectivity index (χ3v) is 1.93. The van der Waals surface area contributed by atoms with Crippen molar-refractivity contribution in [3.05, 3.63) is 11.7 Å². The summed E-state index contributed by atoms with van der Waals surface area (Å²) < 4.78 is 10.0. The zero-order valence-corrected chi connectivity index (χ0v) is 8.15. The zero-order chi connectivity index (χ0) is 9.84. The number of rotatable bonds is 4. The van der Waals surface area contributed by atoms with Crippen LogP contribution in [0.25, 0.3) is 0 Å². The van der Waals surface area contributed by atoms with E-state index in [1.165, 1.54) is 0 Å². The highest BCUT2D eigenvalue weighted by molar-refractivity contribution is 4.93. The van der Waals surface area contributed by atoms with Crippen LogP contribution in [-0.2, 0) is 4.74 Å². The maximum absolute atomic E-state index is 5.71. The summed E-state index contributed by atoms with van der Waals surface area (Å²) in [5.41, 5.74) is 5.71. The Kier molecular flexibility index (Phi) is 3.39. The van der Waals surface area contributed by atoms with Crippen LogP contribution in [0.4, 0.5) is 0 Å². The molecule has 0 amide bonds. The highest BCUT2D eigenvalue weighted by atomic mass is 16.5. The van der Waals surface area contributed by atoms with E-state index in [-0.39, 0.29) is 12.1 Å². The van der Waals surface area contributed by atoms with Crippen molar-refractivity contribution in [1.29, 1.82) is 0 Å². The summed E-state index contributed by atoms with van der Waals surface area (Å²) in [6, 6.07) is -0.176. The van der Waals surface area contributed by atoms with Gasteiger partial charge in [0.15, 0.2) is 5.82 Å². The van der Waals surface area contributed by atoms with Crippen LogP contribution in [0, 0.1) is 0 Å². The van der Waals surface area contributed by atoms with Gasteiger partial charge in [0.25, 0.3) is 0 Å². The normalized spacial score (nSPS) is 15.7. The standard InChI is InChI=1S/C8H15N3O2/c1-4-6(9)8-10-7(11-13-8)5(2)12-3/h5-6H,4,9H2,1-3H3. The summed E-state index contributed by atoms with van der Waals surface area (Å²) in [6.07, 6.45) is 0.629. The van der Waals surface area contributed by atoms with Crippen LogP contribution in [-0.4, -0.2) is 17.3 Å².